The third-order valence-corrected chi connectivity index (χ3v) is 6.17. The average molecular weight is 437 g/mol. The first-order valence-corrected chi connectivity index (χ1v) is 11.5. The van der Waals surface area contributed by atoms with Crippen LogP contribution in [0.25, 0.3) is 0 Å². The number of amides is 3. The van der Waals surface area contributed by atoms with Gasteiger partial charge in [0, 0.05) is 38.4 Å². The number of likely N-dealkylation sites (tertiary alicyclic amines) is 1. The molecule has 2 heterocycles. The summed E-state index contributed by atoms with van der Waals surface area (Å²) in [6.45, 7) is 5.05. The molecule has 0 bridgehead atoms. The minimum absolute atomic E-state index is 0.0179. The maximum atomic E-state index is 13.2. The Balaban J connectivity index is 1.38. The molecule has 2 N–H and O–H groups in total. The van der Waals surface area contributed by atoms with Gasteiger partial charge in [-0.3, -0.25) is 9.69 Å². The average Bonchev–Trinajstić information content (AvgIpc) is 2.85. The third kappa shape index (κ3) is 6.08. The van der Waals surface area contributed by atoms with Crippen molar-refractivity contribution in [2.75, 3.05) is 51.3 Å². The van der Waals surface area contributed by atoms with Gasteiger partial charge in [0.2, 0.25) is 5.91 Å². The minimum atomic E-state index is -0.207. The van der Waals surface area contributed by atoms with Crippen LogP contribution in [-0.2, 0) is 9.53 Å². The van der Waals surface area contributed by atoms with Crippen LogP contribution in [-0.4, -0.2) is 67.7 Å². The summed E-state index contributed by atoms with van der Waals surface area (Å²) in [7, 11) is 0. The van der Waals surface area contributed by atoms with E-state index in [0.29, 0.717) is 13.1 Å². The predicted molar refractivity (Wildman–Crippen MR) is 124 cm³/mol. The van der Waals surface area contributed by atoms with E-state index in [0.717, 1.165) is 56.9 Å². The van der Waals surface area contributed by atoms with E-state index in [1.165, 1.54) is 0 Å². The largest absolute Gasteiger partial charge is 0.379 e. The standard InChI is InChI=1S/C25H32N4O3/c30-24(21-10-7-13-29(18-21)25(31)26-22-11-5-2-6-12-22)27-23(20-8-3-1-4-9-20)19-28-14-16-32-17-15-28/h1-6,8-9,11-12,21,23H,7,10,13-19H2,(H,26,31)(H,27,30)/t21-,23-/m1/s1. The minimum Gasteiger partial charge on any atom is -0.379 e. The molecule has 170 valence electrons. The molecular weight excluding hydrogens is 404 g/mol. The van der Waals surface area contributed by atoms with Gasteiger partial charge in [-0.05, 0) is 30.5 Å². The van der Waals surface area contributed by atoms with Crippen molar-refractivity contribution in [1.82, 2.24) is 15.1 Å². The van der Waals surface area contributed by atoms with Gasteiger partial charge in [0.05, 0.1) is 25.2 Å². The van der Waals surface area contributed by atoms with Gasteiger partial charge in [0.15, 0.2) is 0 Å². The van der Waals surface area contributed by atoms with Gasteiger partial charge in [0.1, 0.15) is 0 Å². The van der Waals surface area contributed by atoms with Crippen LogP contribution in [0.4, 0.5) is 10.5 Å². The summed E-state index contributed by atoms with van der Waals surface area (Å²) in [4.78, 5) is 30.0. The van der Waals surface area contributed by atoms with Gasteiger partial charge in [-0.15, -0.1) is 0 Å². The van der Waals surface area contributed by atoms with Crippen molar-refractivity contribution in [3.05, 3.63) is 66.2 Å². The molecule has 0 spiro atoms. The van der Waals surface area contributed by atoms with Crippen molar-refractivity contribution in [1.29, 1.82) is 0 Å². The van der Waals surface area contributed by atoms with E-state index in [9.17, 15) is 9.59 Å². The number of benzene rings is 2. The van der Waals surface area contributed by atoms with Gasteiger partial charge in [-0.25, -0.2) is 4.79 Å². The van der Waals surface area contributed by atoms with E-state index in [4.69, 9.17) is 4.74 Å². The fourth-order valence-corrected chi connectivity index (χ4v) is 4.35. The fourth-order valence-electron chi connectivity index (χ4n) is 4.35. The van der Waals surface area contributed by atoms with Gasteiger partial charge >= 0.3 is 6.03 Å². The number of hydrogen-bond donors (Lipinski definition) is 2. The summed E-state index contributed by atoms with van der Waals surface area (Å²) in [5.74, 6) is -0.189. The van der Waals surface area contributed by atoms with Crippen molar-refractivity contribution < 1.29 is 14.3 Å². The van der Waals surface area contributed by atoms with Crippen LogP contribution in [0, 0.1) is 5.92 Å². The van der Waals surface area contributed by atoms with Crippen molar-refractivity contribution in [2.24, 2.45) is 5.92 Å². The van der Waals surface area contributed by atoms with Crippen LogP contribution in [0.3, 0.4) is 0 Å². The molecule has 2 saturated heterocycles. The predicted octanol–water partition coefficient (Wildman–Crippen LogP) is 3.12. The Morgan fingerprint density at radius 2 is 1.66 bits per heavy atom. The second-order valence-electron chi connectivity index (χ2n) is 8.47. The van der Waals surface area contributed by atoms with Crippen LogP contribution >= 0.6 is 0 Å². The Morgan fingerprint density at radius 3 is 2.38 bits per heavy atom. The molecule has 32 heavy (non-hydrogen) atoms. The molecule has 0 aliphatic carbocycles. The monoisotopic (exact) mass is 436 g/mol. The molecule has 0 unspecified atom stereocenters. The number of carbonyl (C=O) groups is 2. The molecule has 2 fully saturated rings. The molecule has 4 rings (SSSR count). The van der Waals surface area contributed by atoms with Crippen LogP contribution < -0.4 is 10.6 Å². The molecule has 0 saturated carbocycles. The van der Waals surface area contributed by atoms with Crippen molar-refractivity contribution in [3.8, 4) is 0 Å². The number of nitrogens with zero attached hydrogens (tertiary/aromatic N) is 2. The normalized spacial score (nSPS) is 20.4. The molecule has 3 amide bonds. The van der Waals surface area contributed by atoms with Gasteiger partial charge < -0.3 is 20.3 Å². The first-order chi connectivity index (χ1) is 15.7. The zero-order valence-corrected chi connectivity index (χ0v) is 18.4. The molecule has 0 aromatic heterocycles. The number of nitrogens with one attached hydrogen (secondary N) is 2. The maximum Gasteiger partial charge on any atom is 0.321 e. The van der Waals surface area contributed by atoms with E-state index in [-0.39, 0.29) is 23.9 Å². The number of rotatable bonds is 6. The molecule has 2 aromatic rings. The summed E-state index contributed by atoms with van der Waals surface area (Å²) in [5, 5.41) is 6.21. The van der Waals surface area contributed by atoms with Gasteiger partial charge in [-0.1, -0.05) is 48.5 Å². The number of carbonyl (C=O) groups excluding carboxylic acids is 2. The lowest BCUT2D eigenvalue weighted by Gasteiger charge is -2.34. The van der Waals surface area contributed by atoms with Crippen LogP contribution in [0.2, 0.25) is 0 Å². The van der Waals surface area contributed by atoms with Gasteiger partial charge in [0.25, 0.3) is 0 Å². The van der Waals surface area contributed by atoms with Crippen LogP contribution in [0.15, 0.2) is 60.7 Å². The fraction of sp³-hybridized carbons (Fsp3) is 0.440. The zero-order valence-electron chi connectivity index (χ0n) is 18.4. The van der Waals surface area contributed by atoms with E-state index in [1.807, 2.05) is 48.5 Å². The Bertz CT molecular complexity index is 871. The number of piperidine rings is 1. The lowest BCUT2D eigenvalue weighted by atomic mass is 9.96. The summed E-state index contributed by atoms with van der Waals surface area (Å²) < 4.78 is 5.47. The maximum absolute atomic E-state index is 13.2. The number of para-hydroxylation sites is 1. The smallest absolute Gasteiger partial charge is 0.321 e. The van der Waals surface area contributed by atoms with Gasteiger partial charge in [-0.2, -0.15) is 0 Å². The third-order valence-electron chi connectivity index (χ3n) is 6.17. The highest BCUT2D eigenvalue weighted by Gasteiger charge is 2.30. The topological polar surface area (TPSA) is 73.9 Å². The summed E-state index contributed by atoms with van der Waals surface area (Å²) >= 11 is 0. The Hall–Kier alpha value is -2.90. The second-order valence-corrected chi connectivity index (χ2v) is 8.47. The first kappa shape index (κ1) is 22.3. The molecule has 0 radical (unpaired) electrons. The zero-order chi connectivity index (χ0) is 22.2. The summed E-state index contributed by atoms with van der Waals surface area (Å²) in [5.41, 5.74) is 1.86. The molecule has 2 atom stereocenters. The second kappa shape index (κ2) is 11.1. The highest BCUT2D eigenvalue weighted by Crippen LogP contribution is 2.21. The Labute approximate surface area is 189 Å². The summed E-state index contributed by atoms with van der Waals surface area (Å²) in [6.07, 6.45) is 1.61. The van der Waals surface area contributed by atoms with E-state index in [1.54, 1.807) is 4.90 Å². The van der Waals surface area contributed by atoms with Crippen LogP contribution in [0.5, 0.6) is 0 Å². The molecule has 2 aromatic carbocycles. The van der Waals surface area contributed by atoms with Crippen molar-refractivity contribution in [2.45, 2.75) is 18.9 Å². The highest BCUT2D eigenvalue weighted by atomic mass is 16.5. The molecule has 7 nitrogen and oxygen atoms in total. The van der Waals surface area contributed by atoms with E-state index < -0.39 is 0 Å². The summed E-state index contributed by atoms with van der Waals surface area (Å²) in [6, 6.07) is 19.3. The number of hydrogen-bond acceptors (Lipinski definition) is 4. The number of anilines is 1. The molecular formula is C25H32N4O3. The highest BCUT2D eigenvalue weighted by molar-refractivity contribution is 5.90. The number of morpholine rings is 1. The SMILES string of the molecule is O=C(N[C@H](CN1CCOCC1)c1ccccc1)[C@@H]1CCCN(C(=O)Nc2ccccc2)C1. The van der Waals surface area contributed by atoms with E-state index >= 15 is 0 Å². The van der Waals surface area contributed by atoms with Crippen molar-refractivity contribution >= 4 is 17.6 Å². The quantitative estimate of drug-likeness (QED) is 0.730. The first-order valence-electron chi connectivity index (χ1n) is 11.5. The molecule has 7 heteroatoms. The van der Waals surface area contributed by atoms with Crippen LogP contribution in [0.1, 0.15) is 24.4 Å². The lowest BCUT2D eigenvalue weighted by Crippen LogP contribution is -2.49. The van der Waals surface area contributed by atoms with E-state index in [2.05, 4.69) is 27.7 Å². The molecule has 2 aliphatic rings. The number of urea groups is 1. The van der Waals surface area contributed by atoms with Crippen molar-refractivity contribution in [3.63, 3.8) is 0 Å². The lowest BCUT2D eigenvalue weighted by molar-refractivity contribution is -0.127. The number of ether oxygens (including phenoxy) is 1. The Morgan fingerprint density at radius 1 is 0.969 bits per heavy atom. The Kier molecular flexibility index (Phi) is 7.74. The molecule has 2 aliphatic heterocycles.